The van der Waals surface area contributed by atoms with Crippen molar-refractivity contribution in [1.29, 1.82) is 0 Å². The number of hydrogen-bond donors (Lipinski definition) is 1. The van der Waals surface area contributed by atoms with E-state index in [-0.39, 0.29) is 18.4 Å². The average Bonchev–Trinajstić information content (AvgIpc) is 3.33. The van der Waals surface area contributed by atoms with Crippen LogP contribution in [0.5, 0.6) is 0 Å². The highest BCUT2D eigenvalue weighted by molar-refractivity contribution is 5.96. The van der Waals surface area contributed by atoms with E-state index in [0.717, 1.165) is 11.6 Å². The fourth-order valence-electron chi connectivity index (χ4n) is 3.28. The van der Waals surface area contributed by atoms with Crippen LogP contribution in [0.3, 0.4) is 0 Å². The Morgan fingerprint density at radius 3 is 2.31 bits per heavy atom. The Kier molecular flexibility index (Phi) is 5.51. The lowest BCUT2D eigenvalue weighted by atomic mass is 10.2. The summed E-state index contributed by atoms with van der Waals surface area (Å²) in [5.41, 5.74) is 0.548. The fraction of sp³-hybridized carbons (Fsp3) is 0.238. The molecule has 0 bridgehead atoms. The van der Waals surface area contributed by atoms with Crippen molar-refractivity contribution in [3.8, 4) is 5.82 Å². The summed E-state index contributed by atoms with van der Waals surface area (Å²) in [5, 5.41) is 2.69. The molecule has 0 spiro atoms. The molecule has 0 unspecified atom stereocenters. The monoisotopic (exact) mass is 390 g/mol. The summed E-state index contributed by atoms with van der Waals surface area (Å²) in [4.78, 5) is 37.1. The van der Waals surface area contributed by atoms with Gasteiger partial charge in [0.15, 0.2) is 0 Å². The molecule has 3 aromatic rings. The normalized spacial score (nSPS) is 13.9. The van der Waals surface area contributed by atoms with Crippen LogP contribution in [0, 0.1) is 0 Å². The molecule has 1 aliphatic rings. The van der Waals surface area contributed by atoms with Crippen molar-refractivity contribution in [1.82, 2.24) is 24.8 Å². The van der Waals surface area contributed by atoms with Gasteiger partial charge in [-0.05, 0) is 24.3 Å². The second-order valence-electron chi connectivity index (χ2n) is 6.74. The number of carbonyl (C=O) groups is 2. The molecule has 1 N–H and O–H groups in total. The van der Waals surface area contributed by atoms with E-state index >= 15 is 0 Å². The number of amides is 2. The molecular formula is C21H22N6O2. The zero-order valence-corrected chi connectivity index (χ0v) is 15.9. The van der Waals surface area contributed by atoms with Crippen molar-refractivity contribution >= 4 is 17.6 Å². The van der Waals surface area contributed by atoms with Crippen LogP contribution in [0.4, 0.5) is 5.82 Å². The predicted molar refractivity (Wildman–Crippen MR) is 109 cm³/mol. The van der Waals surface area contributed by atoms with Crippen LogP contribution >= 0.6 is 0 Å². The van der Waals surface area contributed by atoms with Gasteiger partial charge in [-0.3, -0.25) is 9.59 Å². The fourth-order valence-corrected chi connectivity index (χ4v) is 3.28. The van der Waals surface area contributed by atoms with E-state index in [1.807, 2.05) is 41.2 Å². The standard InChI is InChI=1S/C21H22N6O2/c28-20(15-22-21(29)17-6-2-1-3-7-17)27-12-10-26(11-13-27)19-14-18(23-16-24-19)25-8-4-5-9-25/h1-9,14,16H,10-13,15H2,(H,22,29). The van der Waals surface area contributed by atoms with E-state index in [2.05, 4.69) is 20.2 Å². The largest absolute Gasteiger partial charge is 0.353 e. The molecule has 29 heavy (non-hydrogen) atoms. The zero-order chi connectivity index (χ0) is 20.1. The Morgan fingerprint density at radius 1 is 0.897 bits per heavy atom. The van der Waals surface area contributed by atoms with Gasteiger partial charge in [-0.2, -0.15) is 0 Å². The first-order valence-electron chi connectivity index (χ1n) is 9.52. The molecule has 0 atom stereocenters. The van der Waals surface area contributed by atoms with Gasteiger partial charge in [0, 0.05) is 50.2 Å². The van der Waals surface area contributed by atoms with Gasteiger partial charge in [0.05, 0.1) is 6.54 Å². The van der Waals surface area contributed by atoms with E-state index in [9.17, 15) is 9.59 Å². The van der Waals surface area contributed by atoms with Crippen molar-refractivity contribution < 1.29 is 9.59 Å². The molecule has 8 nitrogen and oxygen atoms in total. The Bertz CT molecular complexity index is 966. The van der Waals surface area contributed by atoms with E-state index in [1.165, 1.54) is 0 Å². The second kappa shape index (κ2) is 8.55. The molecule has 2 aromatic heterocycles. The number of anilines is 1. The van der Waals surface area contributed by atoms with Gasteiger partial charge < -0.3 is 19.7 Å². The number of nitrogens with one attached hydrogen (secondary N) is 1. The highest BCUT2D eigenvalue weighted by Gasteiger charge is 2.22. The topological polar surface area (TPSA) is 83.4 Å². The first kappa shape index (κ1) is 18.7. The Balaban J connectivity index is 1.30. The van der Waals surface area contributed by atoms with Crippen molar-refractivity contribution in [2.75, 3.05) is 37.6 Å². The maximum absolute atomic E-state index is 12.5. The molecule has 0 saturated carbocycles. The molecule has 8 heteroatoms. The highest BCUT2D eigenvalue weighted by Crippen LogP contribution is 2.16. The molecule has 1 saturated heterocycles. The summed E-state index contributed by atoms with van der Waals surface area (Å²) < 4.78 is 1.93. The van der Waals surface area contributed by atoms with Crippen molar-refractivity contribution in [2.45, 2.75) is 0 Å². The first-order valence-corrected chi connectivity index (χ1v) is 9.52. The van der Waals surface area contributed by atoms with Gasteiger partial charge in [0.2, 0.25) is 5.91 Å². The Labute approximate surface area is 168 Å². The van der Waals surface area contributed by atoms with Crippen LogP contribution in [0.15, 0.2) is 67.3 Å². The lowest BCUT2D eigenvalue weighted by Crippen LogP contribution is -2.51. The minimum absolute atomic E-state index is 0.000980. The number of carbonyl (C=O) groups excluding carboxylic acids is 2. The summed E-state index contributed by atoms with van der Waals surface area (Å²) >= 11 is 0. The summed E-state index contributed by atoms with van der Waals surface area (Å²) in [5.74, 6) is 1.33. The summed E-state index contributed by atoms with van der Waals surface area (Å²) in [6.07, 6.45) is 5.43. The van der Waals surface area contributed by atoms with Crippen LogP contribution < -0.4 is 10.2 Å². The quantitative estimate of drug-likeness (QED) is 0.711. The predicted octanol–water partition coefficient (Wildman–Crippen LogP) is 1.35. The molecule has 3 heterocycles. The van der Waals surface area contributed by atoms with Crippen LogP contribution in [0.1, 0.15) is 10.4 Å². The van der Waals surface area contributed by atoms with E-state index in [4.69, 9.17) is 0 Å². The van der Waals surface area contributed by atoms with Crippen molar-refractivity contribution in [3.05, 3.63) is 72.8 Å². The number of rotatable bonds is 5. The Morgan fingerprint density at radius 2 is 1.59 bits per heavy atom. The first-order chi connectivity index (χ1) is 14.2. The van der Waals surface area contributed by atoms with E-state index in [0.29, 0.717) is 31.7 Å². The third kappa shape index (κ3) is 4.43. The number of aromatic nitrogens is 3. The number of nitrogens with zero attached hydrogens (tertiary/aromatic N) is 5. The molecule has 1 aromatic carbocycles. The average molecular weight is 390 g/mol. The maximum atomic E-state index is 12.5. The number of hydrogen-bond acceptors (Lipinski definition) is 5. The third-order valence-corrected chi connectivity index (χ3v) is 4.90. The summed E-state index contributed by atoms with van der Waals surface area (Å²) in [6, 6.07) is 14.7. The van der Waals surface area contributed by atoms with Crippen LogP contribution in [0.2, 0.25) is 0 Å². The zero-order valence-electron chi connectivity index (χ0n) is 15.9. The molecule has 2 amide bonds. The van der Waals surface area contributed by atoms with Gasteiger partial charge in [0.1, 0.15) is 18.0 Å². The SMILES string of the molecule is O=C(NCC(=O)N1CCN(c2cc(-n3cccc3)ncn2)CC1)c1ccccc1. The van der Waals surface area contributed by atoms with Crippen LogP contribution in [-0.4, -0.2) is 64.0 Å². The maximum Gasteiger partial charge on any atom is 0.251 e. The molecule has 1 fully saturated rings. The van der Waals surface area contributed by atoms with E-state index < -0.39 is 0 Å². The van der Waals surface area contributed by atoms with Gasteiger partial charge in [-0.15, -0.1) is 0 Å². The van der Waals surface area contributed by atoms with Gasteiger partial charge >= 0.3 is 0 Å². The number of piperazine rings is 1. The minimum atomic E-state index is -0.240. The molecular weight excluding hydrogens is 368 g/mol. The van der Waals surface area contributed by atoms with Crippen LogP contribution in [0.25, 0.3) is 5.82 Å². The lowest BCUT2D eigenvalue weighted by Gasteiger charge is -2.35. The second-order valence-corrected chi connectivity index (χ2v) is 6.74. The molecule has 1 aliphatic heterocycles. The van der Waals surface area contributed by atoms with E-state index in [1.54, 1.807) is 35.5 Å². The highest BCUT2D eigenvalue weighted by atomic mass is 16.2. The van der Waals surface area contributed by atoms with Crippen molar-refractivity contribution in [3.63, 3.8) is 0 Å². The molecule has 148 valence electrons. The Hall–Kier alpha value is -3.68. The smallest absolute Gasteiger partial charge is 0.251 e. The summed E-state index contributed by atoms with van der Waals surface area (Å²) in [7, 11) is 0. The minimum Gasteiger partial charge on any atom is -0.353 e. The van der Waals surface area contributed by atoms with Gasteiger partial charge in [0.25, 0.3) is 5.91 Å². The van der Waals surface area contributed by atoms with Gasteiger partial charge in [-0.25, -0.2) is 9.97 Å². The molecule has 0 aliphatic carbocycles. The lowest BCUT2D eigenvalue weighted by molar-refractivity contribution is -0.130. The van der Waals surface area contributed by atoms with Crippen molar-refractivity contribution in [2.24, 2.45) is 0 Å². The number of benzene rings is 1. The third-order valence-electron chi connectivity index (χ3n) is 4.90. The molecule has 0 radical (unpaired) electrons. The van der Waals surface area contributed by atoms with Crippen LogP contribution in [-0.2, 0) is 4.79 Å². The molecule has 4 rings (SSSR count). The summed E-state index contributed by atoms with van der Waals surface area (Å²) in [6.45, 7) is 2.53. The van der Waals surface area contributed by atoms with Gasteiger partial charge in [-0.1, -0.05) is 18.2 Å².